The predicted molar refractivity (Wildman–Crippen MR) is 77.9 cm³/mol. The number of ether oxygens (including phenoxy) is 1. The van der Waals surface area contributed by atoms with Crippen LogP contribution in [0.2, 0.25) is 4.34 Å². The molecule has 2 nitrogen and oxygen atoms in total. The summed E-state index contributed by atoms with van der Waals surface area (Å²) >= 11 is 7.42. The van der Waals surface area contributed by atoms with E-state index in [0.717, 1.165) is 17.0 Å². The zero-order valence-electron chi connectivity index (χ0n) is 10.8. The summed E-state index contributed by atoms with van der Waals surface area (Å²) < 4.78 is 29.7. The van der Waals surface area contributed by atoms with Gasteiger partial charge in [-0.3, -0.25) is 0 Å². The number of nitrogens with one attached hydrogen (secondary N) is 1. The van der Waals surface area contributed by atoms with E-state index in [9.17, 15) is 8.78 Å². The topological polar surface area (TPSA) is 21.3 Å². The van der Waals surface area contributed by atoms with Gasteiger partial charge in [-0.25, -0.2) is 0 Å². The average Bonchev–Trinajstić information content (AvgIpc) is 2.82. The summed E-state index contributed by atoms with van der Waals surface area (Å²) in [5, 5.41) is 3.32. The van der Waals surface area contributed by atoms with E-state index in [4.69, 9.17) is 11.6 Å². The summed E-state index contributed by atoms with van der Waals surface area (Å²) in [6.45, 7) is -0.0824. The van der Waals surface area contributed by atoms with Crippen LogP contribution >= 0.6 is 22.9 Å². The first-order valence-electron chi connectivity index (χ1n) is 6.13. The summed E-state index contributed by atoms with van der Waals surface area (Å²) in [5.41, 5.74) is 0.864. The molecule has 1 aromatic heterocycles. The molecular weight excluding hydrogens is 304 g/mol. The molecule has 1 heterocycles. The minimum atomic E-state index is -2.82. The SMILES string of the molecule is CCNC(c1cccc(OC(F)F)c1)c1ccc(Cl)s1. The van der Waals surface area contributed by atoms with Gasteiger partial charge in [-0.15, -0.1) is 11.3 Å². The molecule has 0 bridgehead atoms. The summed E-state index contributed by atoms with van der Waals surface area (Å²) in [4.78, 5) is 1.03. The Morgan fingerprint density at radius 2 is 2.10 bits per heavy atom. The molecule has 0 aliphatic rings. The number of thiophene rings is 1. The van der Waals surface area contributed by atoms with Crippen molar-refractivity contribution in [3.05, 3.63) is 51.2 Å². The second-order valence-corrected chi connectivity index (χ2v) is 5.83. The number of alkyl halides is 2. The van der Waals surface area contributed by atoms with Crippen molar-refractivity contribution in [2.45, 2.75) is 19.6 Å². The lowest BCUT2D eigenvalue weighted by molar-refractivity contribution is -0.0498. The van der Waals surface area contributed by atoms with Crippen LogP contribution in [-0.2, 0) is 0 Å². The van der Waals surface area contributed by atoms with Gasteiger partial charge in [-0.2, -0.15) is 8.78 Å². The monoisotopic (exact) mass is 317 g/mol. The van der Waals surface area contributed by atoms with Crippen molar-refractivity contribution in [3.63, 3.8) is 0 Å². The molecular formula is C14H14ClF2NOS. The molecule has 1 N–H and O–H groups in total. The van der Waals surface area contributed by atoms with Crippen LogP contribution in [0.15, 0.2) is 36.4 Å². The van der Waals surface area contributed by atoms with Crippen molar-refractivity contribution in [1.82, 2.24) is 5.32 Å². The molecule has 0 saturated heterocycles. The standard InChI is InChI=1S/C14H14ClF2NOS/c1-2-18-13(11-6-7-12(15)20-11)9-4-3-5-10(8-9)19-14(16)17/h3-8,13-14,18H,2H2,1H3. The minimum absolute atomic E-state index is 0.0845. The molecule has 0 spiro atoms. The predicted octanol–water partition coefficient (Wildman–Crippen LogP) is 4.70. The highest BCUT2D eigenvalue weighted by Gasteiger charge is 2.16. The third-order valence-corrected chi connectivity index (χ3v) is 4.00. The van der Waals surface area contributed by atoms with Gasteiger partial charge in [-0.05, 0) is 36.4 Å². The quantitative estimate of drug-likeness (QED) is 0.833. The minimum Gasteiger partial charge on any atom is -0.435 e. The third kappa shape index (κ3) is 3.91. The molecule has 0 radical (unpaired) electrons. The van der Waals surface area contributed by atoms with E-state index in [2.05, 4.69) is 10.1 Å². The zero-order chi connectivity index (χ0) is 14.5. The molecule has 0 aliphatic carbocycles. The van der Waals surface area contributed by atoms with E-state index >= 15 is 0 Å². The Kier molecular flexibility index (Phi) is 5.34. The van der Waals surface area contributed by atoms with E-state index in [-0.39, 0.29) is 11.8 Å². The van der Waals surface area contributed by atoms with Gasteiger partial charge in [-0.1, -0.05) is 30.7 Å². The molecule has 0 saturated carbocycles. The van der Waals surface area contributed by atoms with E-state index in [1.165, 1.54) is 17.4 Å². The Labute approximate surface area is 125 Å². The third-order valence-electron chi connectivity index (χ3n) is 2.70. The van der Waals surface area contributed by atoms with E-state index < -0.39 is 6.61 Å². The summed E-state index contributed by atoms with van der Waals surface area (Å²) in [7, 11) is 0. The number of halogens is 3. The summed E-state index contributed by atoms with van der Waals surface area (Å²) in [6, 6.07) is 10.4. The lowest BCUT2D eigenvalue weighted by atomic mass is 10.1. The largest absolute Gasteiger partial charge is 0.435 e. The molecule has 1 aromatic carbocycles. The van der Waals surface area contributed by atoms with Crippen molar-refractivity contribution in [3.8, 4) is 5.75 Å². The van der Waals surface area contributed by atoms with Crippen LogP contribution in [0.1, 0.15) is 23.4 Å². The maximum atomic E-state index is 12.3. The number of hydrogen-bond donors (Lipinski definition) is 1. The van der Waals surface area contributed by atoms with Crippen molar-refractivity contribution < 1.29 is 13.5 Å². The molecule has 2 rings (SSSR count). The molecule has 1 atom stereocenters. The van der Waals surface area contributed by atoms with Gasteiger partial charge < -0.3 is 10.1 Å². The second-order valence-electron chi connectivity index (χ2n) is 4.08. The maximum Gasteiger partial charge on any atom is 0.387 e. The van der Waals surface area contributed by atoms with Crippen molar-refractivity contribution >= 4 is 22.9 Å². The highest BCUT2D eigenvalue weighted by atomic mass is 35.5. The summed E-state index contributed by atoms with van der Waals surface area (Å²) in [6.07, 6.45) is 0. The molecule has 0 aliphatic heterocycles. The first-order valence-corrected chi connectivity index (χ1v) is 7.33. The van der Waals surface area contributed by atoms with Crippen molar-refractivity contribution in [2.75, 3.05) is 6.54 Å². The Morgan fingerprint density at radius 3 is 2.70 bits per heavy atom. The molecule has 6 heteroatoms. The first-order chi connectivity index (χ1) is 9.60. The Hall–Kier alpha value is -1.17. The van der Waals surface area contributed by atoms with Crippen LogP contribution < -0.4 is 10.1 Å². The molecule has 0 fully saturated rings. The van der Waals surface area contributed by atoms with Crippen LogP contribution in [0.5, 0.6) is 5.75 Å². The highest BCUT2D eigenvalue weighted by Crippen LogP contribution is 2.32. The van der Waals surface area contributed by atoms with Gasteiger partial charge in [0.05, 0.1) is 10.4 Å². The summed E-state index contributed by atoms with van der Waals surface area (Å²) in [5.74, 6) is 0.156. The van der Waals surface area contributed by atoms with Crippen LogP contribution in [0.25, 0.3) is 0 Å². The fourth-order valence-electron chi connectivity index (χ4n) is 1.94. The molecule has 20 heavy (non-hydrogen) atoms. The molecule has 1 unspecified atom stereocenters. The maximum absolute atomic E-state index is 12.3. The number of hydrogen-bond acceptors (Lipinski definition) is 3. The van der Waals surface area contributed by atoms with Crippen molar-refractivity contribution in [2.24, 2.45) is 0 Å². The lowest BCUT2D eigenvalue weighted by Crippen LogP contribution is -2.21. The Balaban J connectivity index is 2.29. The van der Waals surface area contributed by atoms with Gasteiger partial charge in [0, 0.05) is 4.88 Å². The molecule has 108 valence electrons. The smallest absolute Gasteiger partial charge is 0.387 e. The fraction of sp³-hybridized carbons (Fsp3) is 0.286. The number of benzene rings is 1. The molecule has 0 amide bonds. The van der Waals surface area contributed by atoms with E-state index in [0.29, 0.717) is 4.34 Å². The van der Waals surface area contributed by atoms with E-state index in [1.807, 2.05) is 25.1 Å². The zero-order valence-corrected chi connectivity index (χ0v) is 12.3. The van der Waals surface area contributed by atoms with Crippen molar-refractivity contribution in [1.29, 1.82) is 0 Å². The van der Waals surface area contributed by atoms with Crippen LogP contribution in [0, 0.1) is 0 Å². The van der Waals surface area contributed by atoms with E-state index in [1.54, 1.807) is 12.1 Å². The Bertz CT molecular complexity index is 562. The fourth-order valence-corrected chi connectivity index (χ4v) is 3.11. The first kappa shape index (κ1) is 15.2. The highest BCUT2D eigenvalue weighted by molar-refractivity contribution is 7.16. The van der Waals surface area contributed by atoms with Crippen LogP contribution in [-0.4, -0.2) is 13.2 Å². The molecule has 2 aromatic rings. The number of rotatable bonds is 6. The normalized spacial score (nSPS) is 12.7. The second kappa shape index (κ2) is 7.02. The van der Waals surface area contributed by atoms with Gasteiger partial charge in [0.25, 0.3) is 0 Å². The van der Waals surface area contributed by atoms with Crippen LogP contribution in [0.4, 0.5) is 8.78 Å². The average molecular weight is 318 g/mol. The Morgan fingerprint density at radius 1 is 1.30 bits per heavy atom. The van der Waals surface area contributed by atoms with Crippen LogP contribution in [0.3, 0.4) is 0 Å². The van der Waals surface area contributed by atoms with Gasteiger partial charge in [0.2, 0.25) is 0 Å². The van der Waals surface area contributed by atoms with Gasteiger partial charge >= 0.3 is 6.61 Å². The van der Waals surface area contributed by atoms with Gasteiger partial charge in [0.1, 0.15) is 5.75 Å². The lowest BCUT2D eigenvalue weighted by Gasteiger charge is -2.17. The van der Waals surface area contributed by atoms with Gasteiger partial charge in [0.15, 0.2) is 0 Å².